The van der Waals surface area contributed by atoms with Crippen LogP contribution < -0.4 is 4.90 Å². The summed E-state index contributed by atoms with van der Waals surface area (Å²) < 4.78 is 5.18. The van der Waals surface area contributed by atoms with E-state index in [1.165, 1.54) is 0 Å². The third-order valence-corrected chi connectivity index (χ3v) is 4.65. The van der Waals surface area contributed by atoms with E-state index in [2.05, 4.69) is 9.97 Å². The summed E-state index contributed by atoms with van der Waals surface area (Å²) in [5.41, 5.74) is 1.57. The average molecular weight is 391 g/mol. The highest BCUT2D eigenvalue weighted by Crippen LogP contribution is 2.23. The van der Waals surface area contributed by atoms with Crippen LogP contribution in [0, 0.1) is 0 Å². The number of aromatic nitrogens is 2. The van der Waals surface area contributed by atoms with Crippen molar-refractivity contribution < 1.29 is 14.3 Å². The van der Waals surface area contributed by atoms with Crippen LogP contribution in [0.2, 0.25) is 0 Å². The van der Waals surface area contributed by atoms with E-state index >= 15 is 0 Å². The van der Waals surface area contributed by atoms with Crippen molar-refractivity contribution in [3.63, 3.8) is 0 Å². The summed E-state index contributed by atoms with van der Waals surface area (Å²) in [5, 5.41) is -0.549. The van der Waals surface area contributed by atoms with Crippen molar-refractivity contribution in [2.24, 2.45) is 0 Å². The van der Waals surface area contributed by atoms with E-state index in [0.29, 0.717) is 43.0 Å². The number of anilines is 1. The van der Waals surface area contributed by atoms with E-state index in [1.54, 1.807) is 18.7 Å². The lowest BCUT2D eigenvalue weighted by Crippen LogP contribution is -2.39. The third kappa shape index (κ3) is 4.30. The van der Waals surface area contributed by atoms with Crippen molar-refractivity contribution in [2.45, 2.75) is 25.6 Å². The lowest BCUT2D eigenvalue weighted by atomic mass is 10.2. The second-order valence-corrected chi connectivity index (χ2v) is 7.04. The Kier molecular flexibility index (Phi) is 6.11. The fraction of sp³-hybridized carbons (Fsp3) is 0.474. The first-order chi connectivity index (χ1) is 13.0. The van der Waals surface area contributed by atoms with E-state index in [4.69, 9.17) is 16.3 Å². The summed E-state index contributed by atoms with van der Waals surface area (Å²) in [6.45, 7) is 6.07. The molecule has 7 nitrogen and oxygen atoms in total. The smallest absolute Gasteiger partial charge is 0.360 e. The van der Waals surface area contributed by atoms with Gasteiger partial charge in [-0.2, -0.15) is 0 Å². The van der Waals surface area contributed by atoms with Crippen molar-refractivity contribution in [3.8, 4) is 0 Å². The van der Waals surface area contributed by atoms with Gasteiger partial charge in [-0.15, -0.1) is 11.6 Å². The molecule has 1 fully saturated rings. The molecule has 2 aromatic rings. The molecule has 1 aliphatic rings. The number of benzene rings is 1. The number of rotatable bonds is 4. The van der Waals surface area contributed by atoms with Crippen molar-refractivity contribution >= 4 is 40.3 Å². The summed E-state index contributed by atoms with van der Waals surface area (Å²) in [6, 6.07) is 7.42. The molecule has 1 atom stereocenters. The molecular weight excluding hydrogens is 368 g/mol. The van der Waals surface area contributed by atoms with Crippen LogP contribution in [0.4, 0.5) is 5.82 Å². The molecule has 0 N–H and O–H groups in total. The van der Waals surface area contributed by atoms with Gasteiger partial charge in [0.15, 0.2) is 11.5 Å². The van der Waals surface area contributed by atoms with Gasteiger partial charge in [-0.3, -0.25) is 4.79 Å². The minimum absolute atomic E-state index is 0.0753. The molecule has 1 amide bonds. The van der Waals surface area contributed by atoms with Crippen LogP contribution in [0.25, 0.3) is 11.0 Å². The molecule has 0 bridgehead atoms. The van der Waals surface area contributed by atoms with Crippen molar-refractivity contribution in [1.29, 1.82) is 0 Å². The zero-order valence-corrected chi connectivity index (χ0v) is 16.3. The molecule has 1 aromatic heterocycles. The minimum atomic E-state index is -0.549. The number of esters is 1. The number of halogens is 1. The first-order valence-electron chi connectivity index (χ1n) is 9.13. The molecule has 27 heavy (non-hydrogen) atoms. The number of fused-ring (bicyclic) bond motifs is 1. The Morgan fingerprint density at radius 1 is 1.15 bits per heavy atom. The quantitative estimate of drug-likeness (QED) is 0.589. The largest absolute Gasteiger partial charge is 0.461 e. The van der Waals surface area contributed by atoms with E-state index in [0.717, 1.165) is 6.42 Å². The number of nitrogens with zero attached hydrogens (tertiary/aromatic N) is 4. The Balaban J connectivity index is 1.93. The maximum Gasteiger partial charge on any atom is 0.360 e. The lowest BCUT2D eigenvalue weighted by molar-refractivity contribution is -0.130. The Labute approximate surface area is 163 Å². The summed E-state index contributed by atoms with van der Waals surface area (Å²) >= 11 is 5.95. The molecule has 3 rings (SSSR count). The van der Waals surface area contributed by atoms with Gasteiger partial charge in [0.1, 0.15) is 5.38 Å². The molecule has 8 heteroatoms. The van der Waals surface area contributed by atoms with Crippen molar-refractivity contribution in [1.82, 2.24) is 14.9 Å². The SMILES string of the molecule is CCOC(=O)c1nc2ccccc2nc1N1CCCN(C(=O)[C@@H](C)Cl)CC1. The summed E-state index contributed by atoms with van der Waals surface area (Å²) in [7, 11) is 0. The molecule has 1 aromatic carbocycles. The predicted molar refractivity (Wildman–Crippen MR) is 104 cm³/mol. The summed E-state index contributed by atoms with van der Waals surface area (Å²) in [5.74, 6) is -0.0635. The molecule has 144 valence electrons. The zero-order valence-electron chi connectivity index (χ0n) is 15.5. The molecule has 1 saturated heterocycles. The van der Waals surface area contributed by atoms with Crippen LogP contribution in [0.5, 0.6) is 0 Å². The second-order valence-electron chi connectivity index (χ2n) is 6.39. The third-order valence-electron chi connectivity index (χ3n) is 4.47. The van der Waals surface area contributed by atoms with Gasteiger partial charge in [-0.25, -0.2) is 14.8 Å². The number of carbonyl (C=O) groups excluding carboxylic acids is 2. The topological polar surface area (TPSA) is 75.6 Å². The highest BCUT2D eigenvalue weighted by atomic mass is 35.5. The van der Waals surface area contributed by atoms with Gasteiger partial charge in [0.2, 0.25) is 5.91 Å². The van der Waals surface area contributed by atoms with Crippen LogP contribution >= 0.6 is 11.6 Å². The number of hydrogen-bond acceptors (Lipinski definition) is 6. The van der Waals surface area contributed by atoms with E-state index in [9.17, 15) is 9.59 Å². The van der Waals surface area contributed by atoms with Crippen LogP contribution in [0.1, 0.15) is 30.8 Å². The van der Waals surface area contributed by atoms with Gasteiger partial charge in [0.05, 0.1) is 17.6 Å². The van der Waals surface area contributed by atoms with Gasteiger partial charge in [-0.05, 0) is 32.4 Å². The molecule has 0 spiro atoms. The Morgan fingerprint density at radius 3 is 2.52 bits per heavy atom. The van der Waals surface area contributed by atoms with Crippen LogP contribution in [0.3, 0.4) is 0 Å². The van der Waals surface area contributed by atoms with Crippen molar-refractivity contribution in [3.05, 3.63) is 30.0 Å². The van der Waals surface area contributed by atoms with E-state index in [1.807, 2.05) is 29.2 Å². The second kappa shape index (κ2) is 8.52. The summed E-state index contributed by atoms with van der Waals surface area (Å²) in [4.78, 5) is 37.6. The van der Waals surface area contributed by atoms with Gasteiger partial charge in [-0.1, -0.05) is 12.1 Å². The molecule has 1 aliphatic heterocycles. The maximum absolute atomic E-state index is 12.5. The molecule has 0 unspecified atom stereocenters. The highest BCUT2D eigenvalue weighted by Gasteiger charge is 2.26. The normalized spacial score (nSPS) is 16.1. The number of hydrogen-bond donors (Lipinski definition) is 0. The van der Waals surface area contributed by atoms with Crippen LogP contribution in [-0.2, 0) is 9.53 Å². The number of carbonyl (C=O) groups is 2. The van der Waals surface area contributed by atoms with Gasteiger partial charge >= 0.3 is 5.97 Å². The standard InChI is InChI=1S/C19H23ClN4O3/c1-3-27-19(26)16-17(22-15-8-5-4-7-14(15)21-16)23-9-6-10-24(12-11-23)18(25)13(2)20/h4-5,7-8,13H,3,6,9-12H2,1-2H3/t13-/m1/s1. The number of ether oxygens (including phenoxy) is 1. The number of amides is 1. The Bertz CT molecular complexity index is 843. The fourth-order valence-electron chi connectivity index (χ4n) is 3.15. The van der Waals surface area contributed by atoms with Crippen LogP contribution in [-0.4, -0.2) is 64.9 Å². The molecule has 0 saturated carbocycles. The fourth-order valence-corrected chi connectivity index (χ4v) is 3.29. The zero-order chi connectivity index (χ0) is 19.4. The van der Waals surface area contributed by atoms with Gasteiger partial charge in [0, 0.05) is 26.2 Å². The number of para-hydroxylation sites is 2. The van der Waals surface area contributed by atoms with Crippen molar-refractivity contribution in [2.75, 3.05) is 37.7 Å². The minimum Gasteiger partial charge on any atom is -0.461 e. The van der Waals surface area contributed by atoms with Gasteiger partial charge < -0.3 is 14.5 Å². The molecular formula is C19H23ClN4O3. The lowest BCUT2D eigenvalue weighted by Gasteiger charge is -2.24. The number of alkyl halides is 1. The van der Waals surface area contributed by atoms with Crippen LogP contribution in [0.15, 0.2) is 24.3 Å². The Morgan fingerprint density at radius 2 is 1.85 bits per heavy atom. The van der Waals surface area contributed by atoms with Gasteiger partial charge in [0.25, 0.3) is 0 Å². The first-order valence-corrected chi connectivity index (χ1v) is 9.56. The van der Waals surface area contributed by atoms with E-state index < -0.39 is 11.3 Å². The van der Waals surface area contributed by atoms with E-state index in [-0.39, 0.29) is 18.2 Å². The highest BCUT2D eigenvalue weighted by molar-refractivity contribution is 6.30. The first kappa shape index (κ1) is 19.4. The molecule has 0 aliphatic carbocycles. The summed E-state index contributed by atoms with van der Waals surface area (Å²) in [6.07, 6.45) is 0.756. The predicted octanol–water partition coefficient (Wildman–Crippen LogP) is 2.47. The average Bonchev–Trinajstić information content (AvgIpc) is 2.92. The molecule has 2 heterocycles. The monoisotopic (exact) mass is 390 g/mol. The molecule has 0 radical (unpaired) electrons. The Hall–Kier alpha value is -2.41. The maximum atomic E-state index is 12.5.